The van der Waals surface area contributed by atoms with Crippen LogP contribution in [-0.4, -0.2) is 89.6 Å². The van der Waals surface area contributed by atoms with Crippen LogP contribution in [0.5, 0.6) is 0 Å². The van der Waals surface area contributed by atoms with Crippen LogP contribution in [-0.2, 0) is 0 Å². The van der Waals surface area contributed by atoms with Crippen molar-refractivity contribution in [2.45, 2.75) is 167 Å². The van der Waals surface area contributed by atoms with Crippen molar-refractivity contribution in [1.29, 1.82) is 0 Å². The SMILES string of the molecule is [2H]C(C)(C)N1c2cccnc2N(c2c(C)ccc3c2oc2nc(C)ccc23)C1C.[2H]C(C)(C)N1c2ncccc2N(c2c(C)ccc3c2oc2nc(C)ccc23)C1C.[2H]C(C)(C)N1c2ncccc2N(c2c(C)ccc3c2oc2nc(C)ccc23)C1C.[2H]C([2H])([2H])N1c2ncccc2N(c2c(C)ccc3c2oc2nc(C)ccc23)C1C. The van der Waals surface area contributed by atoms with Gasteiger partial charge in [-0.3, -0.25) is 0 Å². The first-order chi connectivity index (χ1) is 55.1. The highest BCUT2D eigenvalue weighted by Gasteiger charge is 2.43. The van der Waals surface area contributed by atoms with E-state index in [0.29, 0.717) is 34.3 Å². The Morgan fingerprint density at radius 2 is 0.582 bits per heavy atom. The largest absolute Gasteiger partial charge is 0.435 e. The van der Waals surface area contributed by atoms with Crippen molar-refractivity contribution in [2.24, 2.45) is 0 Å². The molecule has 4 unspecified atom stereocenters. The number of anilines is 12. The highest BCUT2D eigenvalue weighted by molar-refractivity contribution is 6.14. The number of fused-ring (bicyclic) bond motifs is 16. The molecule has 0 aliphatic carbocycles. The molecule has 20 rings (SSSR count). The summed E-state index contributed by atoms with van der Waals surface area (Å²) in [5.74, 6) is 2.94. The fourth-order valence-corrected chi connectivity index (χ4v) is 16.8. The molecule has 0 fully saturated rings. The molecular formula is C90H92N16O4. The van der Waals surface area contributed by atoms with E-state index in [1.165, 1.54) is 4.90 Å². The number of hydrogen-bond donors (Lipinski definition) is 0. The third-order valence-electron chi connectivity index (χ3n) is 21.7. The van der Waals surface area contributed by atoms with Crippen LogP contribution < -0.4 is 39.2 Å². The van der Waals surface area contributed by atoms with Crippen LogP contribution in [0.4, 0.5) is 68.8 Å². The second-order valence-corrected chi connectivity index (χ2v) is 29.8. The maximum absolute atomic E-state index is 8.71. The number of nitrogens with zero attached hydrogens (tertiary/aromatic N) is 16. The lowest BCUT2D eigenvalue weighted by Crippen LogP contribution is -2.42. The molecular weight excluding hydrogens is 1370 g/mol. The van der Waals surface area contributed by atoms with Crippen molar-refractivity contribution in [3.63, 3.8) is 0 Å². The quantitative estimate of drug-likeness (QED) is 0.147. The zero-order valence-corrected chi connectivity index (χ0v) is 65.3. The normalized spacial score (nSPS) is 17.8. The van der Waals surface area contributed by atoms with Gasteiger partial charge in [-0.15, -0.1) is 0 Å². The van der Waals surface area contributed by atoms with Crippen LogP contribution >= 0.6 is 0 Å². The lowest BCUT2D eigenvalue weighted by Gasteiger charge is -2.33. The summed E-state index contributed by atoms with van der Waals surface area (Å²) < 4.78 is 75.3. The Kier molecular flexibility index (Phi) is 15.7. The first-order valence-electron chi connectivity index (χ1n) is 40.4. The minimum Gasteiger partial charge on any atom is -0.435 e. The molecule has 556 valence electrons. The topological polar surface area (TPSA) is 182 Å². The monoisotopic (exact) mass is 1470 g/mol. The number of furan rings is 4. The second-order valence-electron chi connectivity index (χ2n) is 29.8. The molecule has 0 bridgehead atoms. The predicted octanol–water partition coefficient (Wildman–Crippen LogP) is 22.0. The average Bonchev–Trinajstić information content (AvgIpc) is 1.58. The van der Waals surface area contributed by atoms with E-state index in [-0.39, 0.29) is 18.5 Å². The van der Waals surface area contributed by atoms with Gasteiger partial charge >= 0.3 is 0 Å². The van der Waals surface area contributed by atoms with E-state index in [2.05, 4.69) is 163 Å². The van der Waals surface area contributed by atoms with Crippen LogP contribution in [0.15, 0.2) is 188 Å². The molecule has 0 saturated heterocycles. The molecule has 0 saturated carbocycles. The molecule has 20 nitrogen and oxygen atoms in total. The predicted molar refractivity (Wildman–Crippen MR) is 449 cm³/mol. The highest BCUT2D eigenvalue weighted by Crippen LogP contribution is 2.53. The molecule has 0 amide bonds. The molecule has 4 aliphatic heterocycles. The van der Waals surface area contributed by atoms with Crippen molar-refractivity contribution < 1.29 is 25.9 Å². The van der Waals surface area contributed by atoms with E-state index < -0.39 is 31.2 Å². The number of pyridine rings is 8. The Balaban J connectivity index is 0.000000111. The number of hydrogen-bond acceptors (Lipinski definition) is 20. The van der Waals surface area contributed by atoms with E-state index in [0.717, 1.165) is 168 Å². The van der Waals surface area contributed by atoms with Crippen LogP contribution in [0.1, 0.15) is 122 Å². The Hall–Kier alpha value is -12.3. The fraction of sp³-hybridized carbons (Fsp3) is 0.289. The Morgan fingerprint density at radius 3 is 0.909 bits per heavy atom. The van der Waals surface area contributed by atoms with Gasteiger partial charge in [0.15, 0.2) is 45.6 Å². The maximum atomic E-state index is 8.71. The molecule has 4 aromatic carbocycles. The van der Waals surface area contributed by atoms with Crippen LogP contribution in [0, 0.1) is 55.4 Å². The molecule has 20 heteroatoms. The van der Waals surface area contributed by atoms with E-state index in [1.54, 1.807) is 24.8 Å². The molecule has 12 aromatic heterocycles. The lowest BCUT2D eigenvalue weighted by atomic mass is 10.1. The van der Waals surface area contributed by atoms with Gasteiger partial charge in [0.25, 0.3) is 0 Å². The fourth-order valence-electron chi connectivity index (χ4n) is 16.8. The van der Waals surface area contributed by atoms with Gasteiger partial charge in [0.05, 0.1) is 49.6 Å². The molecule has 4 atom stereocenters. The van der Waals surface area contributed by atoms with Gasteiger partial charge in [0.2, 0.25) is 22.9 Å². The number of benzene rings is 4. The third kappa shape index (κ3) is 11.3. The van der Waals surface area contributed by atoms with Crippen molar-refractivity contribution in [3.8, 4) is 0 Å². The smallest absolute Gasteiger partial charge is 0.227 e. The van der Waals surface area contributed by atoms with Crippen molar-refractivity contribution in [1.82, 2.24) is 39.9 Å². The van der Waals surface area contributed by atoms with Crippen LogP contribution in [0.2, 0.25) is 0 Å². The van der Waals surface area contributed by atoms with Crippen molar-refractivity contribution in [2.75, 3.05) is 46.2 Å². The van der Waals surface area contributed by atoms with Crippen LogP contribution in [0.3, 0.4) is 0 Å². The van der Waals surface area contributed by atoms with Crippen molar-refractivity contribution >= 4 is 157 Å². The number of aromatic nitrogens is 8. The minimum atomic E-state index is -2.31. The highest BCUT2D eigenvalue weighted by atomic mass is 16.4. The summed E-state index contributed by atoms with van der Waals surface area (Å²) in [6.07, 6.45) is 6.29. The summed E-state index contributed by atoms with van der Waals surface area (Å²) in [6, 6.07) is 46.3. The lowest BCUT2D eigenvalue weighted by molar-refractivity contribution is 0.597. The van der Waals surface area contributed by atoms with E-state index in [4.69, 9.17) is 30.9 Å². The summed E-state index contributed by atoms with van der Waals surface area (Å²) in [4.78, 5) is 52.9. The van der Waals surface area contributed by atoms with Gasteiger partial charge in [0, 0.05) is 120 Å². The van der Waals surface area contributed by atoms with Crippen LogP contribution in [0.25, 0.3) is 88.3 Å². The molecule has 4 aliphatic rings. The summed E-state index contributed by atoms with van der Waals surface area (Å²) in [5.41, 5.74) is 21.2. The average molecular weight is 1470 g/mol. The summed E-state index contributed by atoms with van der Waals surface area (Å²) >= 11 is 0. The van der Waals surface area contributed by atoms with E-state index in [9.17, 15) is 0 Å². The van der Waals surface area contributed by atoms with Gasteiger partial charge in [-0.25, -0.2) is 39.9 Å². The molecule has 16 aromatic rings. The molecule has 0 spiro atoms. The summed E-state index contributed by atoms with van der Waals surface area (Å²) in [6.45, 7) is 33.4. The van der Waals surface area contributed by atoms with Gasteiger partial charge < -0.3 is 56.9 Å². The summed E-state index contributed by atoms with van der Waals surface area (Å²) in [5, 5.41) is 8.09. The Morgan fingerprint density at radius 1 is 0.309 bits per heavy atom. The van der Waals surface area contributed by atoms with Gasteiger partial charge in [0.1, 0.15) is 24.7 Å². The molecule has 0 radical (unpaired) electrons. The molecule has 110 heavy (non-hydrogen) atoms. The van der Waals surface area contributed by atoms with Gasteiger partial charge in [-0.05, 0) is 244 Å². The first-order valence-corrected chi connectivity index (χ1v) is 37.4. The molecule has 16 heterocycles. The van der Waals surface area contributed by atoms with E-state index >= 15 is 0 Å². The van der Waals surface area contributed by atoms with Gasteiger partial charge in [-0.2, -0.15) is 0 Å². The standard InChI is InChI=1S/3C23H24N4O.C21H20N4O/c2*1-13(2)26-16(5)27(19-7-6-12-24-22(19)26)20-14(3)8-10-17-18-11-9-15(4)25-23(18)28-21(17)20;1-13(2)26-16(5)27(22-19(26)7-6-12-24-22)20-14(3)8-10-17-18-11-9-15(4)25-23(18)28-21(17)20;1-12-7-9-15-16-10-8-13(2)23-21(16)26-19(15)18(12)25-14(3)24(4)20-17(25)6-5-11-22-20/h3*6-13,16H,1-5H3;5-11,14H,1-4H3/i3*13D;4D3. The van der Waals surface area contributed by atoms with Crippen molar-refractivity contribution in [3.05, 3.63) is 215 Å². The third-order valence-corrected chi connectivity index (χ3v) is 21.7. The summed E-state index contributed by atoms with van der Waals surface area (Å²) in [7, 11) is 0. The minimum absolute atomic E-state index is 0.0837. The Labute approximate surface area is 648 Å². The Bertz CT molecular complexity index is 5830. The number of aryl methyl sites for hydroxylation is 8. The zero-order valence-electron chi connectivity index (χ0n) is 71.3. The maximum Gasteiger partial charge on any atom is 0.227 e. The second kappa shape index (κ2) is 27.1. The first kappa shape index (κ1) is 63.7. The van der Waals surface area contributed by atoms with Gasteiger partial charge in [-0.1, -0.05) is 48.5 Å². The number of rotatable bonds is 7. The van der Waals surface area contributed by atoms with E-state index in [1.807, 2.05) is 177 Å². The zero-order chi connectivity index (χ0) is 82.0. The molecule has 0 N–H and O–H groups in total.